The summed E-state index contributed by atoms with van der Waals surface area (Å²) >= 11 is 0. The van der Waals surface area contributed by atoms with Crippen LogP contribution >= 0.6 is 0 Å². The molecule has 7 heteroatoms. The number of aliphatic hydroxyl groups excluding tert-OH is 5. The lowest BCUT2D eigenvalue weighted by atomic mass is 9.73. The van der Waals surface area contributed by atoms with E-state index in [1.807, 2.05) is 0 Å². The summed E-state index contributed by atoms with van der Waals surface area (Å²) < 4.78 is 5.47. The molecule has 26 heavy (non-hydrogen) atoms. The second kappa shape index (κ2) is 7.96. The topological polar surface area (TPSA) is 131 Å². The lowest BCUT2D eigenvalue weighted by Gasteiger charge is -2.47. The van der Waals surface area contributed by atoms with Gasteiger partial charge in [0.15, 0.2) is 0 Å². The van der Waals surface area contributed by atoms with Crippen molar-refractivity contribution in [2.45, 2.75) is 70.2 Å². The van der Waals surface area contributed by atoms with Gasteiger partial charge in [-0.05, 0) is 29.4 Å². The van der Waals surface area contributed by atoms with Crippen LogP contribution in [-0.4, -0.2) is 73.4 Å². The van der Waals surface area contributed by atoms with Crippen LogP contribution in [0.25, 0.3) is 0 Å². The predicted octanol–water partition coefficient (Wildman–Crippen LogP) is 0.260. The number of hydrogen-bond acceptors (Lipinski definition) is 7. The van der Waals surface area contributed by atoms with Crippen LogP contribution in [0.2, 0.25) is 0 Å². The van der Waals surface area contributed by atoms with Gasteiger partial charge in [0.1, 0.15) is 36.1 Å². The summed E-state index contributed by atoms with van der Waals surface area (Å²) in [6.45, 7) is 7.69. The van der Waals surface area contributed by atoms with Crippen molar-refractivity contribution in [1.29, 1.82) is 0 Å². The van der Waals surface area contributed by atoms with E-state index in [0.29, 0.717) is 0 Å². The molecule has 0 bridgehead atoms. The molecule has 0 radical (unpaired) electrons. The van der Waals surface area contributed by atoms with Crippen molar-refractivity contribution in [2.24, 2.45) is 17.8 Å². The van der Waals surface area contributed by atoms with Crippen LogP contribution in [-0.2, 0) is 4.74 Å². The summed E-state index contributed by atoms with van der Waals surface area (Å²) in [5.41, 5.74) is -1.02. The van der Waals surface area contributed by atoms with Gasteiger partial charge in [-0.3, -0.25) is 0 Å². The summed E-state index contributed by atoms with van der Waals surface area (Å²) in [5.74, 6) is 0.690. The van der Waals surface area contributed by atoms with Crippen molar-refractivity contribution >= 4 is 0 Å². The van der Waals surface area contributed by atoms with E-state index < -0.39 is 42.7 Å². The molecule has 2 rings (SSSR count). The average molecular weight is 372 g/mol. The molecule has 0 aromatic rings. The van der Waals surface area contributed by atoms with Crippen LogP contribution < -0.4 is 0 Å². The molecule has 0 spiro atoms. The molecule has 0 aromatic carbocycles. The van der Waals surface area contributed by atoms with E-state index in [4.69, 9.17) is 4.74 Å². The Labute approximate surface area is 154 Å². The summed E-state index contributed by atoms with van der Waals surface area (Å²) in [5, 5.41) is 61.0. The minimum Gasteiger partial charge on any atom is -0.512 e. The van der Waals surface area contributed by atoms with Crippen molar-refractivity contribution in [1.82, 2.24) is 0 Å². The molecule has 6 N–H and O–H groups in total. The predicted molar refractivity (Wildman–Crippen MR) is 95.3 cm³/mol. The van der Waals surface area contributed by atoms with E-state index in [9.17, 15) is 30.6 Å². The molecule has 1 aliphatic heterocycles. The molecule has 1 saturated heterocycles. The van der Waals surface area contributed by atoms with Gasteiger partial charge >= 0.3 is 0 Å². The first-order valence-electron chi connectivity index (χ1n) is 9.17. The van der Waals surface area contributed by atoms with Gasteiger partial charge in [-0.15, -0.1) is 0 Å². The fourth-order valence-corrected chi connectivity index (χ4v) is 4.26. The van der Waals surface area contributed by atoms with Crippen LogP contribution in [0, 0.1) is 17.8 Å². The lowest BCUT2D eigenvalue weighted by Crippen LogP contribution is -2.65. The van der Waals surface area contributed by atoms with Gasteiger partial charge in [0.2, 0.25) is 0 Å². The molecule has 1 heterocycles. The summed E-state index contributed by atoms with van der Waals surface area (Å²) in [7, 11) is 0. The second-order valence-electron chi connectivity index (χ2n) is 8.17. The maximum absolute atomic E-state index is 11.0. The molecule has 1 aliphatic carbocycles. The summed E-state index contributed by atoms with van der Waals surface area (Å²) in [4.78, 5) is 0. The van der Waals surface area contributed by atoms with Gasteiger partial charge in [-0.1, -0.05) is 33.8 Å². The minimum atomic E-state index is -1.76. The van der Waals surface area contributed by atoms with Gasteiger partial charge in [0.25, 0.3) is 0 Å². The van der Waals surface area contributed by atoms with E-state index in [0.717, 1.165) is 5.57 Å². The van der Waals surface area contributed by atoms with Crippen LogP contribution in [0.3, 0.4) is 0 Å². The molecular formula is C19H32O7. The molecule has 0 aromatic heterocycles. The van der Waals surface area contributed by atoms with Crippen molar-refractivity contribution in [3.63, 3.8) is 0 Å². The zero-order valence-electron chi connectivity index (χ0n) is 15.8. The summed E-state index contributed by atoms with van der Waals surface area (Å²) in [6.07, 6.45) is -4.11. The highest BCUT2D eigenvalue weighted by molar-refractivity contribution is 5.35. The Balaban J connectivity index is 2.29. The quantitative estimate of drug-likeness (QED) is 0.408. The molecule has 2 aliphatic rings. The third-order valence-corrected chi connectivity index (χ3v) is 5.52. The maximum Gasteiger partial charge on any atom is 0.119 e. The van der Waals surface area contributed by atoms with Gasteiger partial charge in [0, 0.05) is 6.42 Å². The Morgan fingerprint density at radius 2 is 1.65 bits per heavy atom. The van der Waals surface area contributed by atoms with Crippen molar-refractivity contribution in [2.75, 3.05) is 6.61 Å². The fraction of sp³-hybridized carbons (Fsp3) is 0.789. The van der Waals surface area contributed by atoms with Gasteiger partial charge in [-0.2, -0.15) is 0 Å². The van der Waals surface area contributed by atoms with Crippen molar-refractivity contribution < 1.29 is 35.4 Å². The van der Waals surface area contributed by atoms with Crippen LogP contribution in [0.4, 0.5) is 0 Å². The number of rotatable bonds is 5. The number of allylic oxidation sites excluding steroid dienone is 2. The van der Waals surface area contributed by atoms with Crippen molar-refractivity contribution in [3.05, 3.63) is 23.5 Å². The Kier molecular flexibility index (Phi) is 6.53. The molecule has 0 amide bonds. The van der Waals surface area contributed by atoms with Gasteiger partial charge in [-0.25, -0.2) is 0 Å². The SMILES string of the molecule is CC(C)C(C1=C(O)CC(O)(C2O[C@H](CO)[C@@H](O)[C@H](O)[C@H]2O)C=C1)C(C)C. The van der Waals surface area contributed by atoms with E-state index in [1.54, 1.807) is 6.08 Å². The van der Waals surface area contributed by atoms with E-state index >= 15 is 0 Å². The zero-order valence-corrected chi connectivity index (χ0v) is 15.8. The first-order chi connectivity index (χ1) is 12.0. The number of aliphatic hydroxyl groups is 6. The molecule has 7 nitrogen and oxygen atoms in total. The van der Waals surface area contributed by atoms with E-state index in [1.165, 1.54) is 6.08 Å². The highest BCUT2D eigenvalue weighted by atomic mass is 16.6. The third kappa shape index (κ3) is 3.83. The number of hydrogen-bond donors (Lipinski definition) is 6. The van der Waals surface area contributed by atoms with Gasteiger partial charge < -0.3 is 35.4 Å². The Morgan fingerprint density at radius 1 is 1.08 bits per heavy atom. The zero-order chi connectivity index (χ0) is 19.8. The Hall–Kier alpha value is -0.960. The van der Waals surface area contributed by atoms with Gasteiger partial charge in [0.05, 0.1) is 12.4 Å². The normalized spacial score (nSPS) is 38.7. The highest BCUT2D eigenvalue weighted by Gasteiger charge is 2.52. The lowest BCUT2D eigenvalue weighted by molar-refractivity contribution is -0.262. The largest absolute Gasteiger partial charge is 0.512 e. The van der Waals surface area contributed by atoms with Crippen molar-refractivity contribution in [3.8, 4) is 0 Å². The Morgan fingerprint density at radius 3 is 2.12 bits per heavy atom. The fourth-order valence-electron chi connectivity index (χ4n) is 4.26. The first kappa shape index (κ1) is 21.3. The third-order valence-electron chi connectivity index (χ3n) is 5.52. The maximum atomic E-state index is 11.0. The van der Waals surface area contributed by atoms with E-state index in [-0.39, 0.29) is 29.9 Å². The Bertz CT molecular complexity index is 546. The van der Waals surface area contributed by atoms with Crippen LogP contribution in [0.1, 0.15) is 34.1 Å². The smallest absolute Gasteiger partial charge is 0.119 e. The average Bonchev–Trinajstić information content (AvgIpc) is 2.54. The van der Waals surface area contributed by atoms with E-state index in [2.05, 4.69) is 27.7 Å². The summed E-state index contributed by atoms with van der Waals surface area (Å²) in [6, 6.07) is 0. The molecule has 2 unspecified atom stereocenters. The molecule has 150 valence electrons. The molecular weight excluding hydrogens is 340 g/mol. The van der Waals surface area contributed by atoms with Crippen LogP contribution in [0.15, 0.2) is 23.5 Å². The number of ether oxygens (including phenoxy) is 1. The van der Waals surface area contributed by atoms with Crippen LogP contribution in [0.5, 0.6) is 0 Å². The molecule has 1 fully saturated rings. The standard InChI is InChI=1S/C19H32O7/c1-9(2)14(10(3)4)11-5-6-19(25,7-12(11)21)18-17(24)16(23)15(22)13(8-20)26-18/h5-6,9-10,13-18,20-25H,7-8H2,1-4H3/t13-,15-,16+,17-,18?,19?/m1/s1. The monoisotopic (exact) mass is 372 g/mol. The highest BCUT2D eigenvalue weighted by Crippen LogP contribution is 2.40. The minimum absolute atomic E-state index is 0.0133. The molecule has 0 saturated carbocycles. The second-order valence-corrected chi connectivity index (χ2v) is 8.17. The molecule has 6 atom stereocenters. The first-order valence-corrected chi connectivity index (χ1v) is 9.17.